The van der Waals surface area contributed by atoms with Crippen LogP contribution in [0.2, 0.25) is 0 Å². The monoisotopic (exact) mass is 375 g/mol. The van der Waals surface area contributed by atoms with Gasteiger partial charge < -0.3 is 0 Å². The Kier molecular flexibility index (Phi) is 5.79. The number of hydrogen-bond acceptors (Lipinski definition) is 6. The molecule has 3 aromatic rings. The van der Waals surface area contributed by atoms with Gasteiger partial charge >= 0.3 is 0 Å². The van der Waals surface area contributed by atoms with Crippen LogP contribution in [0.5, 0.6) is 0 Å². The van der Waals surface area contributed by atoms with Gasteiger partial charge in [0, 0.05) is 23.8 Å². The lowest BCUT2D eigenvalue weighted by Crippen LogP contribution is -2.31. The highest BCUT2D eigenvalue weighted by Crippen LogP contribution is 2.24. The smallest absolute Gasteiger partial charge is 0.260 e. The second kappa shape index (κ2) is 8.43. The standard InChI is InChI=1S/C20H17N5OS/c1-4-10-25(17-6-5-9-21-13-17)19(26)16-7-8-18(22-12-16)27-20-23-14(2)11-15(3)24-20/h1,5-9,11-13H,10H2,2-3H3. The van der Waals surface area contributed by atoms with E-state index in [1.807, 2.05) is 19.9 Å². The quantitative estimate of drug-likeness (QED) is 0.503. The minimum Gasteiger partial charge on any atom is -0.295 e. The highest BCUT2D eigenvalue weighted by atomic mass is 32.2. The van der Waals surface area contributed by atoms with Gasteiger partial charge in [0.2, 0.25) is 0 Å². The molecule has 7 heteroatoms. The van der Waals surface area contributed by atoms with Crippen LogP contribution >= 0.6 is 11.8 Å². The molecule has 0 spiro atoms. The van der Waals surface area contributed by atoms with E-state index >= 15 is 0 Å². The molecule has 0 aromatic carbocycles. The summed E-state index contributed by atoms with van der Waals surface area (Å²) in [7, 11) is 0. The highest BCUT2D eigenvalue weighted by Gasteiger charge is 2.17. The molecule has 0 aliphatic carbocycles. The summed E-state index contributed by atoms with van der Waals surface area (Å²) in [5.74, 6) is 2.28. The number of anilines is 1. The van der Waals surface area contributed by atoms with Crippen LogP contribution in [0, 0.1) is 26.2 Å². The van der Waals surface area contributed by atoms with Crippen LogP contribution in [0.1, 0.15) is 21.7 Å². The predicted molar refractivity (Wildman–Crippen MR) is 105 cm³/mol. The van der Waals surface area contributed by atoms with Crippen LogP contribution in [-0.4, -0.2) is 32.4 Å². The summed E-state index contributed by atoms with van der Waals surface area (Å²) in [6, 6.07) is 8.96. The number of amides is 1. The van der Waals surface area contributed by atoms with Crippen molar-refractivity contribution in [3.8, 4) is 12.3 Å². The summed E-state index contributed by atoms with van der Waals surface area (Å²) in [5.41, 5.74) is 2.89. The summed E-state index contributed by atoms with van der Waals surface area (Å²) in [6.07, 6.45) is 10.2. The number of carbonyl (C=O) groups is 1. The van der Waals surface area contributed by atoms with Gasteiger partial charge in [-0.25, -0.2) is 15.0 Å². The van der Waals surface area contributed by atoms with Crippen molar-refractivity contribution in [2.75, 3.05) is 11.4 Å². The Bertz CT molecular complexity index is 963. The average Bonchev–Trinajstić information content (AvgIpc) is 2.66. The summed E-state index contributed by atoms with van der Waals surface area (Å²) < 4.78 is 0. The number of pyridine rings is 2. The van der Waals surface area contributed by atoms with Gasteiger partial charge in [-0.05, 0) is 55.9 Å². The molecule has 0 unspecified atom stereocenters. The van der Waals surface area contributed by atoms with E-state index in [-0.39, 0.29) is 12.5 Å². The summed E-state index contributed by atoms with van der Waals surface area (Å²) in [6.45, 7) is 4.00. The molecule has 0 saturated heterocycles. The van der Waals surface area contributed by atoms with Gasteiger partial charge in [0.15, 0.2) is 5.16 Å². The second-order valence-electron chi connectivity index (χ2n) is 5.73. The molecule has 3 rings (SSSR count). The van der Waals surface area contributed by atoms with Gasteiger partial charge in [0.25, 0.3) is 5.91 Å². The van der Waals surface area contributed by atoms with Crippen molar-refractivity contribution in [3.63, 3.8) is 0 Å². The number of aryl methyl sites for hydroxylation is 2. The van der Waals surface area contributed by atoms with Crippen LogP contribution in [0.3, 0.4) is 0 Å². The van der Waals surface area contributed by atoms with Crippen molar-refractivity contribution in [2.45, 2.75) is 24.0 Å². The van der Waals surface area contributed by atoms with Crippen LogP contribution in [0.15, 0.2) is 59.1 Å². The molecule has 3 aromatic heterocycles. The summed E-state index contributed by atoms with van der Waals surface area (Å²) in [5, 5.41) is 1.34. The molecule has 3 heterocycles. The first kappa shape index (κ1) is 18.5. The molecule has 0 fully saturated rings. The molecule has 6 nitrogen and oxygen atoms in total. The lowest BCUT2D eigenvalue weighted by Gasteiger charge is -2.19. The molecular weight excluding hydrogens is 358 g/mol. The first-order valence-corrected chi connectivity index (χ1v) is 9.00. The van der Waals surface area contributed by atoms with Gasteiger partial charge in [0.05, 0.1) is 24.0 Å². The lowest BCUT2D eigenvalue weighted by atomic mass is 10.2. The molecular formula is C20H17N5OS. The molecule has 0 atom stereocenters. The molecule has 0 aliphatic rings. The van der Waals surface area contributed by atoms with Crippen molar-refractivity contribution in [1.29, 1.82) is 0 Å². The Morgan fingerprint density at radius 3 is 2.56 bits per heavy atom. The zero-order valence-electron chi connectivity index (χ0n) is 15.0. The molecule has 0 N–H and O–H groups in total. The Morgan fingerprint density at radius 1 is 1.19 bits per heavy atom. The fraction of sp³-hybridized carbons (Fsp3) is 0.150. The van der Waals surface area contributed by atoms with Crippen molar-refractivity contribution in [3.05, 3.63) is 65.9 Å². The molecule has 0 saturated carbocycles. The summed E-state index contributed by atoms with van der Waals surface area (Å²) in [4.78, 5) is 31.5. The lowest BCUT2D eigenvalue weighted by molar-refractivity contribution is 0.0989. The van der Waals surface area contributed by atoms with Gasteiger partial charge in [-0.1, -0.05) is 5.92 Å². The Labute approximate surface area is 162 Å². The number of nitrogens with zero attached hydrogens (tertiary/aromatic N) is 5. The molecule has 0 bridgehead atoms. The fourth-order valence-electron chi connectivity index (χ4n) is 2.44. The zero-order valence-corrected chi connectivity index (χ0v) is 15.8. The van der Waals surface area contributed by atoms with Crippen LogP contribution in [0.4, 0.5) is 5.69 Å². The first-order chi connectivity index (χ1) is 13.1. The van der Waals surface area contributed by atoms with E-state index in [4.69, 9.17) is 6.42 Å². The molecule has 0 radical (unpaired) electrons. The Balaban J connectivity index is 1.79. The Hall–Kier alpha value is -3.24. The largest absolute Gasteiger partial charge is 0.295 e. The van der Waals surface area contributed by atoms with Crippen molar-refractivity contribution in [1.82, 2.24) is 19.9 Å². The topological polar surface area (TPSA) is 71.9 Å². The van der Waals surface area contributed by atoms with Gasteiger partial charge in [-0.3, -0.25) is 14.7 Å². The molecule has 0 aliphatic heterocycles. The second-order valence-corrected chi connectivity index (χ2v) is 6.71. The van der Waals surface area contributed by atoms with E-state index in [1.54, 1.807) is 36.7 Å². The average molecular weight is 375 g/mol. The maximum Gasteiger partial charge on any atom is 0.260 e. The minimum atomic E-state index is -0.229. The number of carbonyl (C=O) groups excluding carboxylic acids is 1. The van der Waals surface area contributed by atoms with Crippen LogP contribution in [0.25, 0.3) is 0 Å². The van der Waals surface area contributed by atoms with E-state index in [9.17, 15) is 4.79 Å². The van der Waals surface area contributed by atoms with Gasteiger partial charge in [-0.2, -0.15) is 0 Å². The van der Waals surface area contributed by atoms with Gasteiger partial charge in [0.1, 0.15) is 5.03 Å². The summed E-state index contributed by atoms with van der Waals surface area (Å²) >= 11 is 1.35. The number of rotatable bonds is 5. The zero-order chi connectivity index (χ0) is 19.2. The Morgan fingerprint density at radius 2 is 1.96 bits per heavy atom. The van der Waals surface area contributed by atoms with E-state index in [2.05, 4.69) is 25.9 Å². The number of terminal acetylenes is 1. The molecule has 27 heavy (non-hydrogen) atoms. The normalized spacial score (nSPS) is 10.3. The maximum absolute atomic E-state index is 12.8. The third-order valence-corrected chi connectivity index (χ3v) is 4.41. The van der Waals surface area contributed by atoms with Crippen LogP contribution < -0.4 is 4.90 Å². The van der Waals surface area contributed by atoms with Crippen molar-refractivity contribution < 1.29 is 4.79 Å². The predicted octanol–water partition coefficient (Wildman–Crippen LogP) is 3.31. The third kappa shape index (κ3) is 4.68. The number of hydrogen-bond donors (Lipinski definition) is 0. The van der Waals surface area contributed by atoms with Crippen LogP contribution in [-0.2, 0) is 0 Å². The third-order valence-electron chi connectivity index (χ3n) is 3.59. The number of aromatic nitrogens is 4. The molecule has 1 amide bonds. The van der Waals surface area contributed by atoms with E-state index in [0.29, 0.717) is 21.4 Å². The minimum absolute atomic E-state index is 0.150. The van der Waals surface area contributed by atoms with Gasteiger partial charge in [-0.15, -0.1) is 6.42 Å². The van der Waals surface area contributed by atoms with E-state index in [0.717, 1.165) is 11.4 Å². The van der Waals surface area contributed by atoms with Crippen molar-refractivity contribution in [2.24, 2.45) is 0 Å². The van der Waals surface area contributed by atoms with E-state index in [1.165, 1.54) is 22.9 Å². The highest BCUT2D eigenvalue weighted by molar-refractivity contribution is 7.99. The molecule has 134 valence electrons. The van der Waals surface area contributed by atoms with E-state index < -0.39 is 0 Å². The maximum atomic E-state index is 12.8. The SMILES string of the molecule is C#CCN(C(=O)c1ccc(Sc2nc(C)cc(C)n2)nc1)c1cccnc1. The first-order valence-electron chi connectivity index (χ1n) is 8.18. The van der Waals surface area contributed by atoms with Crippen molar-refractivity contribution >= 4 is 23.4 Å². The fourth-order valence-corrected chi connectivity index (χ4v) is 3.25.